The standard InChI is InChI=1S/C20H25N5O2/c1-13-4-2-7-16(21-13)11-23-9-15-10-24-18(17(15)12-23)22-25(20(27)19(24)26)8-14-5-3-6-14/h2,4,7,14-15,17H,3,5-6,8-12H2,1H3/t15-,17+/m1/s1. The lowest BCUT2D eigenvalue weighted by atomic mass is 9.85. The first-order valence-corrected chi connectivity index (χ1v) is 9.95. The Kier molecular flexibility index (Phi) is 4.00. The van der Waals surface area contributed by atoms with Gasteiger partial charge in [0.25, 0.3) is 0 Å². The molecule has 0 bridgehead atoms. The highest BCUT2D eigenvalue weighted by Gasteiger charge is 2.42. The monoisotopic (exact) mass is 367 g/mol. The third-order valence-electron chi connectivity index (χ3n) is 6.42. The predicted octanol–water partition coefficient (Wildman–Crippen LogP) is 1.14. The van der Waals surface area contributed by atoms with Crippen molar-refractivity contribution in [3.05, 3.63) is 56.1 Å². The molecule has 5 rings (SSSR count). The molecule has 2 atom stereocenters. The predicted molar refractivity (Wildman–Crippen MR) is 101 cm³/mol. The molecule has 7 nitrogen and oxygen atoms in total. The highest BCUT2D eigenvalue weighted by Crippen LogP contribution is 2.37. The molecule has 0 aromatic carbocycles. The van der Waals surface area contributed by atoms with Gasteiger partial charge in [-0.15, -0.1) is 0 Å². The van der Waals surface area contributed by atoms with Gasteiger partial charge < -0.3 is 0 Å². The molecule has 0 unspecified atom stereocenters. The Balaban J connectivity index is 1.38. The second kappa shape index (κ2) is 6.41. The molecule has 4 heterocycles. The molecule has 0 radical (unpaired) electrons. The number of aromatic nitrogens is 4. The minimum Gasteiger partial charge on any atom is -0.296 e. The van der Waals surface area contributed by atoms with Crippen molar-refractivity contribution in [2.75, 3.05) is 13.1 Å². The molecule has 142 valence electrons. The topological polar surface area (TPSA) is 73.0 Å². The Bertz CT molecular complexity index is 991. The van der Waals surface area contributed by atoms with Crippen molar-refractivity contribution >= 4 is 0 Å². The summed E-state index contributed by atoms with van der Waals surface area (Å²) in [7, 11) is 0. The van der Waals surface area contributed by atoms with Crippen LogP contribution in [0, 0.1) is 18.8 Å². The number of nitrogens with zero attached hydrogens (tertiary/aromatic N) is 5. The smallest absolute Gasteiger partial charge is 0.296 e. The van der Waals surface area contributed by atoms with Crippen LogP contribution in [0.15, 0.2) is 27.8 Å². The van der Waals surface area contributed by atoms with E-state index in [1.54, 1.807) is 4.57 Å². The van der Waals surface area contributed by atoms with Crippen LogP contribution in [0.3, 0.4) is 0 Å². The first kappa shape index (κ1) is 16.9. The molecule has 7 heteroatoms. The quantitative estimate of drug-likeness (QED) is 0.758. The van der Waals surface area contributed by atoms with E-state index < -0.39 is 5.56 Å². The summed E-state index contributed by atoms with van der Waals surface area (Å²) < 4.78 is 3.09. The number of fused-ring (bicyclic) bond motifs is 3. The van der Waals surface area contributed by atoms with E-state index >= 15 is 0 Å². The zero-order chi connectivity index (χ0) is 18.5. The highest BCUT2D eigenvalue weighted by molar-refractivity contribution is 5.14. The number of pyridine rings is 1. The number of aryl methyl sites for hydroxylation is 1. The molecular weight excluding hydrogens is 342 g/mol. The highest BCUT2D eigenvalue weighted by atomic mass is 16.2. The Labute approximate surface area is 157 Å². The molecule has 1 saturated carbocycles. The van der Waals surface area contributed by atoms with Gasteiger partial charge in [0, 0.05) is 50.3 Å². The molecule has 2 aromatic rings. The molecule has 2 aromatic heterocycles. The number of likely N-dealkylation sites (tertiary alicyclic amines) is 1. The first-order valence-electron chi connectivity index (χ1n) is 9.95. The maximum absolute atomic E-state index is 12.6. The zero-order valence-electron chi connectivity index (χ0n) is 15.7. The molecule has 0 spiro atoms. The Morgan fingerprint density at radius 2 is 1.96 bits per heavy atom. The van der Waals surface area contributed by atoms with Gasteiger partial charge in [0.15, 0.2) is 0 Å². The van der Waals surface area contributed by atoms with Crippen molar-refractivity contribution < 1.29 is 0 Å². The van der Waals surface area contributed by atoms with Crippen molar-refractivity contribution in [3.8, 4) is 0 Å². The van der Waals surface area contributed by atoms with E-state index in [0.29, 0.717) is 24.9 Å². The molecule has 0 amide bonds. The van der Waals surface area contributed by atoms with Crippen LogP contribution in [0.25, 0.3) is 0 Å². The molecule has 1 aliphatic carbocycles. The molecule has 0 N–H and O–H groups in total. The third-order valence-corrected chi connectivity index (χ3v) is 6.42. The van der Waals surface area contributed by atoms with E-state index in [0.717, 1.165) is 49.7 Å². The molecular formula is C20H25N5O2. The largest absolute Gasteiger partial charge is 0.332 e. The number of rotatable bonds is 4. The molecule has 27 heavy (non-hydrogen) atoms. The lowest BCUT2D eigenvalue weighted by Gasteiger charge is -2.25. The number of hydrogen-bond acceptors (Lipinski definition) is 5. The minimum absolute atomic E-state index is 0.232. The van der Waals surface area contributed by atoms with Gasteiger partial charge in [-0.1, -0.05) is 12.5 Å². The van der Waals surface area contributed by atoms with Gasteiger partial charge in [-0.25, -0.2) is 4.68 Å². The fraction of sp³-hybridized carbons (Fsp3) is 0.600. The molecule has 1 saturated heterocycles. The summed E-state index contributed by atoms with van der Waals surface area (Å²) >= 11 is 0. The SMILES string of the molecule is Cc1cccc(CN2C[C@@H]3Cn4c(nn(CC5CCC5)c(=O)c4=O)[C@H]3C2)n1. The lowest BCUT2D eigenvalue weighted by molar-refractivity contribution is 0.256. The van der Waals surface area contributed by atoms with Crippen molar-refractivity contribution in [3.63, 3.8) is 0 Å². The third kappa shape index (κ3) is 2.94. The summed E-state index contributed by atoms with van der Waals surface area (Å²) in [5, 5.41) is 4.66. The van der Waals surface area contributed by atoms with Gasteiger partial charge in [0.05, 0.1) is 5.69 Å². The van der Waals surface area contributed by atoms with Gasteiger partial charge in [-0.3, -0.25) is 24.0 Å². The van der Waals surface area contributed by atoms with Crippen LogP contribution in [0.4, 0.5) is 0 Å². The van der Waals surface area contributed by atoms with Crippen LogP contribution >= 0.6 is 0 Å². The minimum atomic E-state index is -0.452. The maximum atomic E-state index is 12.6. The summed E-state index contributed by atoms with van der Waals surface area (Å²) in [6.07, 6.45) is 3.49. The fourth-order valence-corrected chi connectivity index (χ4v) is 4.77. The van der Waals surface area contributed by atoms with Crippen molar-refractivity contribution in [1.82, 2.24) is 24.2 Å². The average Bonchev–Trinajstić information content (AvgIpc) is 3.13. The fourth-order valence-electron chi connectivity index (χ4n) is 4.77. The zero-order valence-corrected chi connectivity index (χ0v) is 15.7. The van der Waals surface area contributed by atoms with E-state index in [2.05, 4.69) is 21.0 Å². The molecule has 2 fully saturated rings. The van der Waals surface area contributed by atoms with Crippen LogP contribution in [-0.2, 0) is 19.6 Å². The van der Waals surface area contributed by atoms with Crippen LogP contribution in [-0.4, -0.2) is 37.3 Å². The van der Waals surface area contributed by atoms with E-state index in [1.807, 2.05) is 19.1 Å². The van der Waals surface area contributed by atoms with Crippen LogP contribution in [0.2, 0.25) is 0 Å². The van der Waals surface area contributed by atoms with Gasteiger partial charge in [-0.2, -0.15) is 5.10 Å². The summed E-state index contributed by atoms with van der Waals surface area (Å²) in [5.41, 5.74) is 1.27. The Hall–Kier alpha value is -2.28. The summed E-state index contributed by atoms with van der Waals surface area (Å²) in [5.74, 6) is 1.90. The normalized spacial score (nSPS) is 24.6. The van der Waals surface area contributed by atoms with Gasteiger partial charge in [0.1, 0.15) is 5.82 Å². The summed E-state index contributed by atoms with van der Waals surface area (Å²) in [4.78, 5) is 32.0. The van der Waals surface area contributed by atoms with E-state index in [4.69, 9.17) is 0 Å². The summed E-state index contributed by atoms with van der Waals surface area (Å²) in [6.45, 7) is 5.82. The van der Waals surface area contributed by atoms with Crippen molar-refractivity contribution in [2.24, 2.45) is 11.8 Å². The Morgan fingerprint density at radius 3 is 2.70 bits per heavy atom. The van der Waals surface area contributed by atoms with Crippen LogP contribution in [0.5, 0.6) is 0 Å². The number of hydrogen-bond donors (Lipinski definition) is 0. The molecule has 3 aliphatic rings. The second-order valence-corrected chi connectivity index (χ2v) is 8.39. The second-order valence-electron chi connectivity index (χ2n) is 8.39. The van der Waals surface area contributed by atoms with Crippen molar-refractivity contribution in [2.45, 2.75) is 51.7 Å². The lowest BCUT2D eigenvalue weighted by Crippen LogP contribution is -2.45. The Morgan fingerprint density at radius 1 is 1.11 bits per heavy atom. The van der Waals surface area contributed by atoms with Crippen LogP contribution < -0.4 is 11.1 Å². The molecule has 2 aliphatic heterocycles. The van der Waals surface area contributed by atoms with Gasteiger partial charge >= 0.3 is 11.1 Å². The van der Waals surface area contributed by atoms with Crippen molar-refractivity contribution in [1.29, 1.82) is 0 Å². The summed E-state index contributed by atoms with van der Waals surface area (Å²) in [6, 6.07) is 6.12. The van der Waals surface area contributed by atoms with E-state index in [1.165, 1.54) is 11.1 Å². The average molecular weight is 367 g/mol. The van der Waals surface area contributed by atoms with E-state index in [-0.39, 0.29) is 11.5 Å². The first-order chi connectivity index (χ1) is 13.1. The maximum Gasteiger partial charge on any atom is 0.332 e. The van der Waals surface area contributed by atoms with Gasteiger partial charge in [0.2, 0.25) is 0 Å². The van der Waals surface area contributed by atoms with E-state index in [9.17, 15) is 9.59 Å². The van der Waals surface area contributed by atoms with Crippen LogP contribution in [0.1, 0.15) is 42.4 Å². The van der Waals surface area contributed by atoms with Gasteiger partial charge in [-0.05, 0) is 37.8 Å².